The van der Waals surface area contributed by atoms with Gasteiger partial charge in [0.2, 0.25) is 0 Å². The van der Waals surface area contributed by atoms with Gasteiger partial charge in [0.25, 0.3) is 0 Å². The van der Waals surface area contributed by atoms with Crippen molar-refractivity contribution in [2.24, 2.45) is 11.7 Å². The molecule has 1 rings (SSSR count). The second-order valence-electron chi connectivity index (χ2n) is 5.07. The second kappa shape index (κ2) is 6.27. The molecule has 0 saturated carbocycles. The van der Waals surface area contributed by atoms with Crippen LogP contribution >= 0.6 is 11.6 Å². The average Bonchev–Trinajstić information content (AvgIpc) is 2.27. The van der Waals surface area contributed by atoms with Crippen LogP contribution in [0.15, 0.2) is 18.2 Å². The molecule has 96 valence electrons. The summed E-state index contributed by atoms with van der Waals surface area (Å²) in [6.07, 6.45) is 1.17. The minimum atomic E-state index is 0.490. The first-order valence-corrected chi connectivity index (χ1v) is 6.54. The Bertz CT molecular complexity index is 363. The van der Waals surface area contributed by atoms with E-state index >= 15 is 0 Å². The molecule has 1 aromatic rings. The maximum absolute atomic E-state index is 6.18. The molecule has 0 saturated heterocycles. The third-order valence-electron chi connectivity index (χ3n) is 3.14. The van der Waals surface area contributed by atoms with E-state index in [2.05, 4.69) is 38.8 Å². The van der Waals surface area contributed by atoms with Crippen molar-refractivity contribution in [3.05, 3.63) is 28.8 Å². The molecule has 0 amide bonds. The van der Waals surface area contributed by atoms with Gasteiger partial charge in [-0.15, -0.1) is 0 Å². The van der Waals surface area contributed by atoms with E-state index in [1.165, 1.54) is 6.42 Å². The van der Waals surface area contributed by atoms with Crippen molar-refractivity contribution in [3.63, 3.8) is 0 Å². The summed E-state index contributed by atoms with van der Waals surface area (Å²) in [5, 5.41) is 0.758. The molecule has 0 bridgehead atoms. The molecule has 3 heteroatoms. The van der Waals surface area contributed by atoms with Crippen LogP contribution < -0.4 is 10.6 Å². The van der Waals surface area contributed by atoms with Crippen molar-refractivity contribution in [1.82, 2.24) is 0 Å². The lowest BCUT2D eigenvalue weighted by Crippen LogP contribution is -2.30. The van der Waals surface area contributed by atoms with E-state index in [1.54, 1.807) is 0 Å². The van der Waals surface area contributed by atoms with Gasteiger partial charge in [-0.25, -0.2) is 0 Å². The molecule has 0 aliphatic rings. The van der Waals surface area contributed by atoms with Crippen LogP contribution in [0.2, 0.25) is 5.02 Å². The predicted molar refractivity (Wildman–Crippen MR) is 76.7 cm³/mol. The van der Waals surface area contributed by atoms with E-state index in [0.717, 1.165) is 16.3 Å². The summed E-state index contributed by atoms with van der Waals surface area (Å²) in [6.45, 7) is 7.22. The highest BCUT2D eigenvalue weighted by Gasteiger charge is 2.12. The zero-order chi connectivity index (χ0) is 13.0. The van der Waals surface area contributed by atoms with E-state index in [1.807, 2.05) is 12.1 Å². The van der Waals surface area contributed by atoms with E-state index in [0.29, 0.717) is 18.5 Å². The molecule has 1 atom stereocenters. The minimum Gasteiger partial charge on any atom is -0.372 e. The third-order valence-corrected chi connectivity index (χ3v) is 3.49. The molecule has 0 aliphatic carbocycles. The standard InChI is InChI=1S/C14H23ClN2/c1-10(2)7-11(3)17(4)13-6-5-12(9-16)14(15)8-13/h5-6,8,10-11H,7,9,16H2,1-4H3. The molecule has 0 radical (unpaired) electrons. The van der Waals surface area contributed by atoms with Gasteiger partial charge < -0.3 is 10.6 Å². The molecule has 0 aliphatic heterocycles. The van der Waals surface area contributed by atoms with Gasteiger partial charge in [0.1, 0.15) is 0 Å². The van der Waals surface area contributed by atoms with Crippen LogP contribution in [0.5, 0.6) is 0 Å². The molecule has 0 fully saturated rings. The fourth-order valence-corrected chi connectivity index (χ4v) is 2.27. The Labute approximate surface area is 110 Å². The summed E-state index contributed by atoms with van der Waals surface area (Å²) < 4.78 is 0. The average molecular weight is 255 g/mol. The normalized spacial score (nSPS) is 12.9. The molecule has 0 heterocycles. The fraction of sp³-hybridized carbons (Fsp3) is 0.571. The van der Waals surface area contributed by atoms with Crippen LogP contribution in [0.3, 0.4) is 0 Å². The number of rotatable bonds is 5. The molecule has 17 heavy (non-hydrogen) atoms. The topological polar surface area (TPSA) is 29.3 Å². The van der Waals surface area contributed by atoms with Crippen molar-refractivity contribution in [3.8, 4) is 0 Å². The zero-order valence-electron chi connectivity index (χ0n) is 11.2. The maximum Gasteiger partial charge on any atom is 0.0471 e. The number of hydrogen-bond acceptors (Lipinski definition) is 2. The van der Waals surface area contributed by atoms with Crippen LogP contribution in [-0.2, 0) is 6.54 Å². The summed E-state index contributed by atoms with van der Waals surface area (Å²) in [5.74, 6) is 0.700. The smallest absolute Gasteiger partial charge is 0.0471 e. The lowest BCUT2D eigenvalue weighted by atomic mass is 10.0. The van der Waals surface area contributed by atoms with Gasteiger partial charge in [-0.05, 0) is 37.0 Å². The van der Waals surface area contributed by atoms with Crippen molar-refractivity contribution in [2.45, 2.75) is 39.8 Å². The lowest BCUT2D eigenvalue weighted by molar-refractivity contribution is 0.504. The summed E-state index contributed by atoms with van der Waals surface area (Å²) in [7, 11) is 2.11. The Morgan fingerprint density at radius 2 is 1.94 bits per heavy atom. The van der Waals surface area contributed by atoms with Crippen LogP contribution in [0.1, 0.15) is 32.8 Å². The van der Waals surface area contributed by atoms with E-state index in [4.69, 9.17) is 17.3 Å². The van der Waals surface area contributed by atoms with Crippen LogP contribution in [0, 0.1) is 5.92 Å². The van der Waals surface area contributed by atoms with Crippen LogP contribution in [0.4, 0.5) is 5.69 Å². The molecule has 0 spiro atoms. The fourth-order valence-electron chi connectivity index (χ4n) is 2.02. The first-order chi connectivity index (χ1) is 7.95. The Morgan fingerprint density at radius 1 is 1.29 bits per heavy atom. The van der Waals surface area contributed by atoms with Gasteiger partial charge in [-0.2, -0.15) is 0 Å². The van der Waals surface area contributed by atoms with E-state index in [-0.39, 0.29) is 0 Å². The SMILES string of the molecule is CC(C)CC(C)N(C)c1ccc(CN)c(Cl)c1. The van der Waals surface area contributed by atoms with Gasteiger partial charge >= 0.3 is 0 Å². The van der Waals surface area contributed by atoms with Gasteiger partial charge in [-0.3, -0.25) is 0 Å². The Hall–Kier alpha value is -0.730. The summed E-state index contributed by atoms with van der Waals surface area (Å²) in [5.41, 5.74) is 7.76. The lowest BCUT2D eigenvalue weighted by Gasteiger charge is -2.28. The Balaban J connectivity index is 2.82. The number of nitrogens with two attached hydrogens (primary N) is 1. The highest BCUT2D eigenvalue weighted by molar-refractivity contribution is 6.31. The Morgan fingerprint density at radius 3 is 2.41 bits per heavy atom. The number of nitrogens with zero attached hydrogens (tertiary/aromatic N) is 1. The van der Waals surface area contributed by atoms with Crippen LogP contribution in [-0.4, -0.2) is 13.1 Å². The number of hydrogen-bond donors (Lipinski definition) is 1. The van der Waals surface area contributed by atoms with Crippen molar-refractivity contribution < 1.29 is 0 Å². The maximum atomic E-state index is 6.18. The summed E-state index contributed by atoms with van der Waals surface area (Å²) >= 11 is 6.18. The number of benzene rings is 1. The Kier molecular flexibility index (Phi) is 5.29. The van der Waals surface area contributed by atoms with Crippen molar-refractivity contribution >= 4 is 17.3 Å². The van der Waals surface area contributed by atoms with Crippen LogP contribution in [0.25, 0.3) is 0 Å². The molecule has 2 N–H and O–H groups in total. The monoisotopic (exact) mass is 254 g/mol. The van der Waals surface area contributed by atoms with Gasteiger partial charge in [0.15, 0.2) is 0 Å². The molecule has 2 nitrogen and oxygen atoms in total. The third kappa shape index (κ3) is 3.90. The minimum absolute atomic E-state index is 0.490. The first kappa shape index (κ1) is 14.3. The molecule has 0 aromatic heterocycles. The van der Waals surface area contributed by atoms with Crippen molar-refractivity contribution in [2.75, 3.05) is 11.9 Å². The molecular formula is C14H23ClN2. The first-order valence-electron chi connectivity index (χ1n) is 6.17. The predicted octanol–water partition coefficient (Wildman–Crippen LogP) is 3.67. The summed E-state index contributed by atoms with van der Waals surface area (Å²) in [4.78, 5) is 2.27. The number of anilines is 1. The second-order valence-corrected chi connectivity index (χ2v) is 5.48. The zero-order valence-corrected chi connectivity index (χ0v) is 12.0. The molecule has 1 unspecified atom stereocenters. The highest BCUT2D eigenvalue weighted by atomic mass is 35.5. The molecular weight excluding hydrogens is 232 g/mol. The number of halogens is 1. The van der Waals surface area contributed by atoms with Gasteiger partial charge in [-0.1, -0.05) is 31.5 Å². The molecule has 1 aromatic carbocycles. The van der Waals surface area contributed by atoms with E-state index < -0.39 is 0 Å². The van der Waals surface area contributed by atoms with Crippen molar-refractivity contribution in [1.29, 1.82) is 0 Å². The van der Waals surface area contributed by atoms with Gasteiger partial charge in [0, 0.05) is 30.3 Å². The summed E-state index contributed by atoms with van der Waals surface area (Å²) in [6, 6.07) is 6.61. The van der Waals surface area contributed by atoms with Gasteiger partial charge in [0.05, 0.1) is 0 Å². The largest absolute Gasteiger partial charge is 0.372 e. The quantitative estimate of drug-likeness (QED) is 0.869. The highest BCUT2D eigenvalue weighted by Crippen LogP contribution is 2.25. The van der Waals surface area contributed by atoms with E-state index in [9.17, 15) is 0 Å².